The van der Waals surface area contributed by atoms with Crippen molar-refractivity contribution < 1.29 is 19.0 Å². The Balaban J connectivity index is 1.47. The fourth-order valence-electron chi connectivity index (χ4n) is 2.70. The standard InChI is InChI=1S/C16H22N2O4/c1-18(10-13-4-2-3-7-20-13)16(19)17-9-12-5-6-14-15(8-12)22-11-21-14/h5-6,8,13H,2-4,7,9-11H2,1H3,(H,17,19). The average molecular weight is 306 g/mol. The zero-order valence-electron chi connectivity index (χ0n) is 12.8. The predicted molar refractivity (Wildman–Crippen MR) is 81.0 cm³/mol. The Labute approximate surface area is 130 Å². The molecule has 1 atom stereocenters. The number of carbonyl (C=O) groups excluding carboxylic acids is 1. The van der Waals surface area contributed by atoms with Crippen molar-refractivity contribution in [1.82, 2.24) is 10.2 Å². The molecule has 6 heteroatoms. The van der Waals surface area contributed by atoms with Crippen molar-refractivity contribution in [3.8, 4) is 11.5 Å². The largest absolute Gasteiger partial charge is 0.454 e. The zero-order valence-corrected chi connectivity index (χ0v) is 12.8. The van der Waals surface area contributed by atoms with Gasteiger partial charge in [0.05, 0.1) is 6.10 Å². The van der Waals surface area contributed by atoms with Crippen molar-refractivity contribution in [2.24, 2.45) is 0 Å². The van der Waals surface area contributed by atoms with Crippen LogP contribution < -0.4 is 14.8 Å². The van der Waals surface area contributed by atoms with E-state index in [1.165, 1.54) is 6.42 Å². The van der Waals surface area contributed by atoms with Crippen LogP contribution in [0.25, 0.3) is 0 Å². The zero-order chi connectivity index (χ0) is 15.4. The molecule has 0 aromatic heterocycles. The lowest BCUT2D eigenvalue weighted by Crippen LogP contribution is -2.42. The molecule has 0 spiro atoms. The van der Waals surface area contributed by atoms with E-state index in [9.17, 15) is 4.79 Å². The highest BCUT2D eigenvalue weighted by atomic mass is 16.7. The van der Waals surface area contributed by atoms with E-state index < -0.39 is 0 Å². The summed E-state index contributed by atoms with van der Waals surface area (Å²) in [6.07, 6.45) is 3.49. The van der Waals surface area contributed by atoms with Crippen LogP contribution in [0.3, 0.4) is 0 Å². The second kappa shape index (κ2) is 6.87. The summed E-state index contributed by atoms with van der Waals surface area (Å²) in [5.74, 6) is 1.48. The molecule has 1 saturated heterocycles. The molecule has 3 rings (SSSR count). The topological polar surface area (TPSA) is 60.0 Å². The number of nitrogens with one attached hydrogen (secondary N) is 1. The van der Waals surface area contributed by atoms with Crippen molar-refractivity contribution in [1.29, 1.82) is 0 Å². The monoisotopic (exact) mass is 306 g/mol. The molecule has 0 bridgehead atoms. The number of benzene rings is 1. The summed E-state index contributed by atoms with van der Waals surface area (Å²) >= 11 is 0. The molecular weight excluding hydrogens is 284 g/mol. The Morgan fingerprint density at radius 1 is 1.32 bits per heavy atom. The van der Waals surface area contributed by atoms with Gasteiger partial charge in [-0.15, -0.1) is 0 Å². The van der Waals surface area contributed by atoms with Crippen LogP contribution in [0.5, 0.6) is 11.5 Å². The molecule has 1 aromatic rings. The van der Waals surface area contributed by atoms with Gasteiger partial charge in [-0.05, 0) is 37.0 Å². The number of nitrogens with zero attached hydrogens (tertiary/aromatic N) is 1. The predicted octanol–water partition coefficient (Wildman–Crippen LogP) is 2.13. The number of rotatable bonds is 4. The molecule has 120 valence electrons. The minimum absolute atomic E-state index is 0.0909. The van der Waals surface area contributed by atoms with Gasteiger partial charge in [-0.2, -0.15) is 0 Å². The lowest BCUT2D eigenvalue weighted by atomic mass is 10.1. The summed E-state index contributed by atoms with van der Waals surface area (Å²) in [4.78, 5) is 13.8. The second-order valence-electron chi connectivity index (χ2n) is 5.72. The van der Waals surface area contributed by atoms with Crippen LogP contribution in [-0.2, 0) is 11.3 Å². The maximum absolute atomic E-state index is 12.1. The summed E-state index contributed by atoms with van der Waals surface area (Å²) in [5, 5.41) is 2.91. The van der Waals surface area contributed by atoms with Crippen molar-refractivity contribution in [2.75, 3.05) is 27.0 Å². The molecule has 2 amide bonds. The summed E-state index contributed by atoms with van der Waals surface area (Å²) in [7, 11) is 1.80. The van der Waals surface area contributed by atoms with Gasteiger partial charge in [-0.3, -0.25) is 0 Å². The first-order chi connectivity index (χ1) is 10.7. The maximum Gasteiger partial charge on any atom is 0.317 e. The Hall–Kier alpha value is -1.95. The van der Waals surface area contributed by atoms with Gasteiger partial charge < -0.3 is 24.4 Å². The van der Waals surface area contributed by atoms with Gasteiger partial charge >= 0.3 is 6.03 Å². The van der Waals surface area contributed by atoms with Crippen LogP contribution in [0, 0.1) is 0 Å². The third-order valence-electron chi connectivity index (χ3n) is 3.98. The minimum atomic E-state index is -0.0909. The molecule has 1 fully saturated rings. The number of ether oxygens (including phenoxy) is 3. The van der Waals surface area contributed by atoms with E-state index in [1.54, 1.807) is 11.9 Å². The van der Waals surface area contributed by atoms with Crippen molar-refractivity contribution in [3.63, 3.8) is 0 Å². The van der Waals surface area contributed by atoms with E-state index >= 15 is 0 Å². The third-order valence-corrected chi connectivity index (χ3v) is 3.98. The smallest absolute Gasteiger partial charge is 0.317 e. The summed E-state index contributed by atoms with van der Waals surface area (Å²) < 4.78 is 16.3. The van der Waals surface area contributed by atoms with Gasteiger partial charge in [0.1, 0.15) is 0 Å². The Morgan fingerprint density at radius 3 is 3.00 bits per heavy atom. The Bertz CT molecular complexity index is 529. The van der Waals surface area contributed by atoms with Gasteiger partial charge in [0, 0.05) is 26.7 Å². The molecule has 6 nitrogen and oxygen atoms in total. The van der Waals surface area contributed by atoms with Crippen LogP contribution in [0.1, 0.15) is 24.8 Å². The summed E-state index contributed by atoms with van der Waals surface area (Å²) in [6.45, 7) is 2.16. The van der Waals surface area contributed by atoms with Gasteiger partial charge in [-0.1, -0.05) is 6.07 Å². The van der Waals surface area contributed by atoms with Crippen LogP contribution >= 0.6 is 0 Å². The number of carbonyl (C=O) groups is 1. The third kappa shape index (κ3) is 3.62. The van der Waals surface area contributed by atoms with E-state index in [-0.39, 0.29) is 18.9 Å². The van der Waals surface area contributed by atoms with Crippen LogP contribution in [0.15, 0.2) is 18.2 Å². The van der Waals surface area contributed by atoms with E-state index in [4.69, 9.17) is 14.2 Å². The maximum atomic E-state index is 12.1. The lowest BCUT2D eigenvalue weighted by molar-refractivity contribution is 0.00385. The first kappa shape index (κ1) is 15.0. The number of fused-ring (bicyclic) bond motifs is 1. The van der Waals surface area contributed by atoms with Gasteiger partial charge in [0.2, 0.25) is 6.79 Å². The molecule has 2 aliphatic heterocycles. The van der Waals surface area contributed by atoms with E-state index in [0.717, 1.165) is 36.5 Å². The number of likely N-dealkylation sites (N-methyl/N-ethyl adjacent to an activating group) is 1. The first-order valence-corrected chi connectivity index (χ1v) is 7.71. The highest BCUT2D eigenvalue weighted by Crippen LogP contribution is 2.32. The fraction of sp³-hybridized carbons (Fsp3) is 0.562. The highest BCUT2D eigenvalue weighted by Gasteiger charge is 2.19. The van der Waals surface area contributed by atoms with E-state index in [2.05, 4.69) is 5.32 Å². The SMILES string of the molecule is CN(CC1CCCCO1)C(=O)NCc1ccc2c(c1)OCO2. The van der Waals surface area contributed by atoms with E-state index in [1.807, 2.05) is 18.2 Å². The molecular formula is C16H22N2O4. The molecule has 22 heavy (non-hydrogen) atoms. The van der Waals surface area contributed by atoms with Gasteiger partial charge in [0.25, 0.3) is 0 Å². The summed E-state index contributed by atoms with van der Waals surface area (Å²) in [6, 6.07) is 5.60. The van der Waals surface area contributed by atoms with Crippen LogP contribution in [-0.4, -0.2) is 44.0 Å². The number of hydrogen-bond acceptors (Lipinski definition) is 4. The molecule has 1 unspecified atom stereocenters. The van der Waals surface area contributed by atoms with Crippen LogP contribution in [0.4, 0.5) is 4.79 Å². The molecule has 2 aliphatic rings. The lowest BCUT2D eigenvalue weighted by Gasteiger charge is -2.27. The van der Waals surface area contributed by atoms with Gasteiger partial charge in [0.15, 0.2) is 11.5 Å². The highest BCUT2D eigenvalue weighted by molar-refractivity contribution is 5.73. The van der Waals surface area contributed by atoms with Crippen molar-refractivity contribution in [2.45, 2.75) is 31.9 Å². The number of urea groups is 1. The number of amides is 2. The molecule has 0 radical (unpaired) electrons. The first-order valence-electron chi connectivity index (χ1n) is 7.71. The molecule has 1 aromatic carbocycles. The van der Waals surface area contributed by atoms with Crippen molar-refractivity contribution >= 4 is 6.03 Å². The van der Waals surface area contributed by atoms with E-state index in [0.29, 0.717) is 13.1 Å². The molecule has 0 saturated carbocycles. The fourth-order valence-corrected chi connectivity index (χ4v) is 2.70. The van der Waals surface area contributed by atoms with Crippen molar-refractivity contribution in [3.05, 3.63) is 23.8 Å². The van der Waals surface area contributed by atoms with Crippen LogP contribution in [0.2, 0.25) is 0 Å². The Kier molecular flexibility index (Phi) is 4.68. The molecule has 0 aliphatic carbocycles. The average Bonchev–Trinajstić information content (AvgIpc) is 3.01. The number of hydrogen-bond donors (Lipinski definition) is 1. The normalized spacial score (nSPS) is 19.8. The van der Waals surface area contributed by atoms with Gasteiger partial charge in [-0.25, -0.2) is 4.79 Å². The second-order valence-corrected chi connectivity index (χ2v) is 5.72. The molecule has 1 N–H and O–H groups in total. The molecule has 2 heterocycles. The summed E-state index contributed by atoms with van der Waals surface area (Å²) in [5.41, 5.74) is 0.986. The quantitative estimate of drug-likeness (QED) is 0.926. The Morgan fingerprint density at radius 2 is 2.18 bits per heavy atom. The minimum Gasteiger partial charge on any atom is -0.454 e.